The summed E-state index contributed by atoms with van der Waals surface area (Å²) in [4.78, 5) is 2.37. The molecular formula is C52H33NO. The maximum Gasteiger partial charge on any atom is 0.137 e. The van der Waals surface area contributed by atoms with Gasteiger partial charge in [-0.05, 0) is 102 Å². The van der Waals surface area contributed by atoms with Crippen LogP contribution in [-0.2, 0) is 0 Å². The first-order valence-electron chi connectivity index (χ1n) is 18.5. The largest absolute Gasteiger partial charge is 0.456 e. The number of hydrogen-bond donors (Lipinski definition) is 0. The van der Waals surface area contributed by atoms with Crippen LogP contribution in [0.15, 0.2) is 205 Å². The summed E-state index contributed by atoms with van der Waals surface area (Å²) in [5.41, 5.74) is 9.66. The molecule has 2 heteroatoms. The van der Waals surface area contributed by atoms with Crippen LogP contribution < -0.4 is 4.90 Å². The Kier molecular flexibility index (Phi) is 6.90. The molecular weight excluding hydrogens is 655 g/mol. The predicted octanol–water partition coefficient (Wildman–Crippen LogP) is 15.0. The van der Waals surface area contributed by atoms with Crippen LogP contribution in [0.3, 0.4) is 0 Å². The zero-order chi connectivity index (χ0) is 35.6. The highest BCUT2D eigenvalue weighted by Crippen LogP contribution is 2.45. The molecule has 0 spiro atoms. The summed E-state index contributed by atoms with van der Waals surface area (Å²) in [6, 6.07) is 72.3. The molecule has 54 heavy (non-hydrogen) atoms. The van der Waals surface area contributed by atoms with Crippen molar-refractivity contribution >= 4 is 82.1 Å². The summed E-state index contributed by atoms with van der Waals surface area (Å²) in [5, 5.41) is 12.4. The van der Waals surface area contributed by atoms with Gasteiger partial charge in [-0.25, -0.2) is 0 Å². The van der Waals surface area contributed by atoms with Gasteiger partial charge in [0.2, 0.25) is 0 Å². The van der Waals surface area contributed by atoms with Crippen LogP contribution in [0.25, 0.3) is 87.3 Å². The summed E-state index contributed by atoms with van der Waals surface area (Å²) >= 11 is 0. The molecule has 0 bridgehead atoms. The quantitative estimate of drug-likeness (QED) is 0.168. The van der Waals surface area contributed by atoms with Crippen LogP contribution in [-0.4, -0.2) is 0 Å². The lowest BCUT2D eigenvalue weighted by molar-refractivity contribution is 0.669. The number of anilines is 3. The second-order valence-electron chi connectivity index (χ2n) is 14.1. The molecule has 0 amide bonds. The molecule has 0 aliphatic heterocycles. The predicted molar refractivity (Wildman–Crippen MR) is 229 cm³/mol. The van der Waals surface area contributed by atoms with Crippen molar-refractivity contribution in [2.24, 2.45) is 0 Å². The van der Waals surface area contributed by atoms with E-state index >= 15 is 0 Å². The minimum Gasteiger partial charge on any atom is -0.456 e. The highest BCUT2D eigenvalue weighted by molar-refractivity contribution is 6.27. The molecule has 1 aromatic heterocycles. The second kappa shape index (κ2) is 12.2. The van der Waals surface area contributed by atoms with E-state index in [2.05, 4.69) is 193 Å². The smallest absolute Gasteiger partial charge is 0.137 e. The van der Waals surface area contributed by atoms with Crippen LogP contribution in [0.4, 0.5) is 17.1 Å². The first-order valence-corrected chi connectivity index (χ1v) is 18.5. The van der Waals surface area contributed by atoms with Gasteiger partial charge < -0.3 is 9.32 Å². The minimum absolute atomic E-state index is 0.869. The van der Waals surface area contributed by atoms with Gasteiger partial charge in [-0.15, -0.1) is 0 Å². The minimum atomic E-state index is 0.869. The molecule has 0 N–H and O–H groups in total. The molecule has 10 aromatic carbocycles. The molecule has 0 aliphatic carbocycles. The Morgan fingerprint density at radius 3 is 1.69 bits per heavy atom. The normalized spacial score (nSPS) is 11.7. The summed E-state index contributed by atoms with van der Waals surface area (Å²) in [6.45, 7) is 0. The van der Waals surface area contributed by atoms with Crippen molar-refractivity contribution in [1.82, 2.24) is 0 Å². The van der Waals surface area contributed by atoms with Crippen molar-refractivity contribution in [1.29, 1.82) is 0 Å². The molecule has 0 radical (unpaired) electrons. The number of rotatable bonds is 5. The van der Waals surface area contributed by atoms with Crippen LogP contribution in [0.2, 0.25) is 0 Å². The summed E-state index contributed by atoms with van der Waals surface area (Å²) in [5.74, 6) is 0. The zero-order valence-electron chi connectivity index (χ0n) is 29.4. The number of para-hydroxylation sites is 2. The van der Waals surface area contributed by atoms with Crippen LogP contribution in [0, 0.1) is 0 Å². The average Bonchev–Trinajstić information content (AvgIpc) is 3.62. The fourth-order valence-corrected chi connectivity index (χ4v) is 8.44. The van der Waals surface area contributed by atoms with Gasteiger partial charge in [-0.1, -0.05) is 152 Å². The van der Waals surface area contributed by atoms with Gasteiger partial charge in [0.05, 0.1) is 5.69 Å². The SMILES string of the molecule is c1ccc(-c2ccc(N(c3ccc4c(c3)oc3ccccc34)c3ccccc3-c3ccc4ccc5ccc6ccc7ccccc7c6c5c4c3)cc2)cc1. The lowest BCUT2D eigenvalue weighted by atomic mass is 9.91. The Bertz CT molecular complexity index is 3200. The third kappa shape index (κ3) is 4.88. The Hall–Kier alpha value is -7.16. The van der Waals surface area contributed by atoms with Gasteiger partial charge in [0.25, 0.3) is 0 Å². The number of hydrogen-bond acceptors (Lipinski definition) is 2. The fourth-order valence-electron chi connectivity index (χ4n) is 8.44. The standard InChI is InChI=1S/C52H33NO/c1-2-10-34(11-3-1)35-26-28-41(29-27-35)53(42-30-31-46-45-15-7-9-17-49(45)54-50(46)33-42)48-16-8-6-13-43(48)40-25-20-37-19-22-39-24-23-38-21-18-36-12-4-5-14-44(36)51(38)52(39)47(37)32-40/h1-33H. The van der Waals surface area contributed by atoms with E-state index in [1.54, 1.807) is 0 Å². The van der Waals surface area contributed by atoms with Crippen molar-refractivity contribution < 1.29 is 4.42 Å². The van der Waals surface area contributed by atoms with Gasteiger partial charge in [-0.2, -0.15) is 0 Å². The maximum atomic E-state index is 6.43. The Balaban J connectivity index is 1.14. The number of fused-ring (bicyclic) bond motifs is 10. The van der Waals surface area contributed by atoms with Crippen molar-refractivity contribution in [3.05, 3.63) is 200 Å². The first kappa shape index (κ1) is 30.5. The van der Waals surface area contributed by atoms with Gasteiger partial charge in [0, 0.05) is 33.8 Å². The molecule has 0 fully saturated rings. The Labute approximate surface area is 312 Å². The third-order valence-corrected chi connectivity index (χ3v) is 11.0. The molecule has 1 heterocycles. The molecule has 0 atom stereocenters. The molecule has 0 unspecified atom stereocenters. The number of benzene rings is 10. The van der Waals surface area contributed by atoms with Gasteiger partial charge in [-0.3, -0.25) is 0 Å². The van der Waals surface area contributed by atoms with Gasteiger partial charge in [0.15, 0.2) is 0 Å². The average molecular weight is 688 g/mol. The van der Waals surface area contributed by atoms with E-state index in [0.29, 0.717) is 0 Å². The maximum absolute atomic E-state index is 6.43. The number of furan rings is 1. The molecule has 0 saturated heterocycles. The lowest BCUT2D eigenvalue weighted by Crippen LogP contribution is -2.11. The second-order valence-corrected chi connectivity index (χ2v) is 14.1. The van der Waals surface area contributed by atoms with Crippen molar-refractivity contribution in [3.8, 4) is 22.3 Å². The van der Waals surface area contributed by atoms with Crippen LogP contribution in [0.5, 0.6) is 0 Å². The molecule has 2 nitrogen and oxygen atoms in total. The highest BCUT2D eigenvalue weighted by Gasteiger charge is 2.20. The summed E-state index contributed by atoms with van der Waals surface area (Å²) in [6.07, 6.45) is 0. The van der Waals surface area contributed by atoms with Crippen molar-refractivity contribution in [3.63, 3.8) is 0 Å². The summed E-state index contributed by atoms with van der Waals surface area (Å²) < 4.78 is 6.43. The van der Waals surface area contributed by atoms with E-state index in [0.717, 1.165) is 44.6 Å². The van der Waals surface area contributed by atoms with Crippen LogP contribution >= 0.6 is 0 Å². The van der Waals surface area contributed by atoms with Crippen molar-refractivity contribution in [2.45, 2.75) is 0 Å². The van der Waals surface area contributed by atoms with Gasteiger partial charge >= 0.3 is 0 Å². The van der Waals surface area contributed by atoms with Crippen molar-refractivity contribution in [2.75, 3.05) is 4.90 Å². The number of nitrogens with zero attached hydrogens (tertiary/aromatic N) is 1. The molecule has 252 valence electrons. The Morgan fingerprint density at radius 1 is 0.315 bits per heavy atom. The third-order valence-electron chi connectivity index (χ3n) is 11.0. The van der Waals surface area contributed by atoms with E-state index in [9.17, 15) is 0 Å². The van der Waals surface area contributed by atoms with E-state index in [-0.39, 0.29) is 0 Å². The van der Waals surface area contributed by atoms with E-state index in [4.69, 9.17) is 4.42 Å². The van der Waals surface area contributed by atoms with Gasteiger partial charge in [0.1, 0.15) is 11.2 Å². The first-order chi connectivity index (χ1) is 26.8. The van der Waals surface area contributed by atoms with E-state index < -0.39 is 0 Å². The zero-order valence-corrected chi connectivity index (χ0v) is 29.4. The van der Waals surface area contributed by atoms with E-state index in [1.165, 1.54) is 59.8 Å². The monoisotopic (exact) mass is 687 g/mol. The van der Waals surface area contributed by atoms with E-state index in [1.807, 2.05) is 12.1 Å². The lowest BCUT2D eigenvalue weighted by Gasteiger charge is -2.28. The molecule has 0 saturated carbocycles. The fraction of sp³-hybridized carbons (Fsp3) is 0. The highest BCUT2D eigenvalue weighted by atomic mass is 16.3. The molecule has 0 aliphatic rings. The molecule has 11 aromatic rings. The Morgan fingerprint density at radius 2 is 0.870 bits per heavy atom. The topological polar surface area (TPSA) is 16.4 Å². The van der Waals surface area contributed by atoms with Crippen LogP contribution in [0.1, 0.15) is 0 Å². The summed E-state index contributed by atoms with van der Waals surface area (Å²) in [7, 11) is 0. The molecule has 11 rings (SSSR count).